The summed E-state index contributed by atoms with van der Waals surface area (Å²) in [5.74, 6) is 1.04. The molecule has 1 N–H and O–H groups in total. The second-order valence-corrected chi connectivity index (χ2v) is 10.4. The van der Waals surface area contributed by atoms with Crippen LogP contribution in [0.4, 0.5) is 10.6 Å². The maximum absolute atomic E-state index is 12.4. The van der Waals surface area contributed by atoms with E-state index in [4.69, 9.17) is 4.74 Å². The van der Waals surface area contributed by atoms with Gasteiger partial charge < -0.3 is 24.2 Å². The summed E-state index contributed by atoms with van der Waals surface area (Å²) in [5, 5.41) is 21.3. The summed E-state index contributed by atoms with van der Waals surface area (Å²) in [6, 6.07) is 14.1. The Bertz CT molecular complexity index is 1350. The summed E-state index contributed by atoms with van der Waals surface area (Å²) in [5.41, 5.74) is 3.10. The van der Waals surface area contributed by atoms with Crippen LogP contribution < -0.4 is 9.64 Å². The number of aryl methyl sites for hydroxylation is 1. The third-order valence-corrected chi connectivity index (χ3v) is 7.64. The van der Waals surface area contributed by atoms with Crippen molar-refractivity contribution in [1.29, 1.82) is 5.26 Å². The molecule has 9 nitrogen and oxygen atoms in total. The fourth-order valence-corrected chi connectivity index (χ4v) is 5.66. The molecule has 186 valence electrons. The zero-order chi connectivity index (χ0) is 25.4. The van der Waals surface area contributed by atoms with Crippen molar-refractivity contribution in [3.63, 3.8) is 0 Å². The Morgan fingerprint density at radius 1 is 1.28 bits per heavy atom. The van der Waals surface area contributed by atoms with Crippen LogP contribution in [0.15, 0.2) is 41.6 Å². The van der Waals surface area contributed by atoms with Crippen molar-refractivity contribution in [2.75, 3.05) is 30.8 Å². The number of nitriles is 1. The van der Waals surface area contributed by atoms with Gasteiger partial charge in [0.15, 0.2) is 0 Å². The van der Waals surface area contributed by atoms with Gasteiger partial charge in [0, 0.05) is 36.4 Å². The molecule has 3 atom stereocenters. The predicted octanol–water partition coefficient (Wildman–Crippen LogP) is 3.82. The normalized spacial score (nSPS) is 20.4. The van der Waals surface area contributed by atoms with Crippen molar-refractivity contribution in [1.82, 2.24) is 14.9 Å². The number of rotatable bonds is 4. The number of carbonyl (C=O) groups is 1. The van der Waals surface area contributed by atoms with E-state index in [9.17, 15) is 19.7 Å². The summed E-state index contributed by atoms with van der Waals surface area (Å²) in [4.78, 5) is 24.1. The monoisotopic (exact) mass is 505 g/mol. The molecule has 5 rings (SSSR count). The lowest BCUT2D eigenvalue weighted by Crippen LogP contribution is -2.55. The summed E-state index contributed by atoms with van der Waals surface area (Å²) in [6.45, 7) is 3.09. The van der Waals surface area contributed by atoms with Crippen molar-refractivity contribution >= 4 is 33.9 Å². The van der Waals surface area contributed by atoms with Gasteiger partial charge in [-0.2, -0.15) is 10.2 Å². The number of ether oxygens (including phenoxy) is 1. The number of anilines is 1. The third kappa shape index (κ3) is 4.40. The third-order valence-electron chi connectivity index (χ3n) is 6.94. The molecule has 36 heavy (non-hydrogen) atoms. The van der Waals surface area contributed by atoms with Crippen molar-refractivity contribution in [2.24, 2.45) is 0 Å². The van der Waals surface area contributed by atoms with Crippen LogP contribution in [0.1, 0.15) is 35.6 Å². The minimum Gasteiger partial charge on any atom is -0.609 e. The van der Waals surface area contributed by atoms with E-state index in [0.29, 0.717) is 31.2 Å². The zero-order valence-electron chi connectivity index (χ0n) is 20.2. The van der Waals surface area contributed by atoms with Gasteiger partial charge in [-0.25, -0.2) is 4.79 Å². The highest BCUT2D eigenvalue weighted by Gasteiger charge is 2.35. The highest BCUT2D eigenvalue weighted by Crippen LogP contribution is 2.41. The number of nitrogens with zero attached hydrogens (tertiary/aromatic N) is 5. The van der Waals surface area contributed by atoms with Crippen LogP contribution in [-0.4, -0.2) is 62.6 Å². The lowest BCUT2D eigenvalue weighted by atomic mass is 9.92. The Balaban J connectivity index is 1.52. The molecule has 3 heterocycles. The standard InChI is InChI=1S/C26H27N5O4S/c1-16-5-3-6-17-7-4-8-19(22(16)17)21-10-9-20-23(28-25(36(2)34)29-24(20)35-21)30-13-14-31(26(32)33)18(15-30)11-12-27/h3-8,18,21H,9-11,13-15H2,1-2H3,(H,32,33)/t18-,21?,36?/m0/s1. The van der Waals surface area contributed by atoms with E-state index in [1.54, 1.807) is 0 Å². The fraction of sp³-hybridized carbons (Fsp3) is 0.385. The quantitative estimate of drug-likeness (QED) is 0.419. The molecule has 1 saturated heterocycles. The fourth-order valence-electron chi connectivity index (χ4n) is 5.24. The molecule has 1 aromatic heterocycles. The highest BCUT2D eigenvalue weighted by atomic mass is 32.2. The van der Waals surface area contributed by atoms with Crippen molar-refractivity contribution < 1.29 is 19.2 Å². The molecule has 0 bridgehead atoms. The minimum atomic E-state index is -1.44. The topological polar surface area (TPSA) is 126 Å². The van der Waals surface area contributed by atoms with Gasteiger partial charge in [-0.15, -0.1) is 4.98 Å². The van der Waals surface area contributed by atoms with Gasteiger partial charge in [-0.05, 0) is 36.1 Å². The van der Waals surface area contributed by atoms with E-state index in [2.05, 4.69) is 47.2 Å². The average molecular weight is 506 g/mol. The maximum Gasteiger partial charge on any atom is 0.407 e. The van der Waals surface area contributed by atoms with Gasteiger partial charge in [-0.3, -0.25) is 0 Å². The number of fused-ring (bicyclic) bond motifs is 2. The molecule has 1 amide bonds. The Morgan fingerprint density at radius 2 is 2.06 bits per heavy atom. The number of aromatic nitrogens is 2. The molecule has 2 unspecified atom stereocenters. The molecule has 0 aliphatic carbocycles. The first-order valence-electron chi connectivity index (χ1n) is 11.9. The van der Waals surface area contributed by atoms with Gasteiger partial charge >= 0.3 is 11.2 Å². The number of hydrogen-bond donors (Lipinski definition) is 1. The lowest BCUT2D eigenvalue weighted by Gasteiger charge is -2.40. The first-order chi connectivity index (χ1) is 17.4. The summed E-state index contributed by atoms with van der Waals surface area (Å²) >= 11 is -1.44. The first kappa shape index (κ1) is 24.2. The molecule has 2 aliphatic heterocycles. The smallest absolute Gasteiger partial charge is 0.407 e. The molecule has 3 aromatic rings. The van der Waals surface area contributed by atoms with Gasteiger partial charge in [-0.1, -0.05) is 36.4 Å². The number of benzene rings is 2. The molecule has 0 spiro atoms. The molecule has 2 aromatic carbocycles. The summed E-state index contributed by atoms with van der Waals surface area (Å²) < 4.78 is 18.9. The van der Waals surface area contributed by atoms with E-state index in [-0.39, 0.29) is 24.2 Å². The number of amides is 1. The molecule has 2 aliphatic rings. The first-order valence-corrected chi connectivity index (χ1v) is 13.4. The average Bonchev–Trinajstić information content (AvgIpc) is 2.87. The Hall–Kier alpha value is -3.55. The van der Waals surface area contributed by atoms with E-state index in [1.807, 2.05) is 17.0 Å². The van der Waals surface area contributed by atoms with Crippen LogP contribution in [0.25, 0.3) is 10.8 Å². The maximum atomic E-state index is 12.4. The minimum absolute atomic E-state index is 0.0850. The van der Waals surface area contributed by atoms with Crippen LogP contribution in [0, 0.1) is 18.3 Å². The Kier molecular flexibility index (Phi) is 6.60. The summed E-state index contributed by atoms with van der Waals surface area (Å²) in [7, 11) is 0. The molecule has 0 radical (unpaired) electrons. The predicted molar refractivity (Wildman–Crippen MR) is 136 cm³/mol. The molecular formula is C26H27N5O4S. The van der Waals surface area contributed by atoms with Gasteiger partial charge in [0.1, 0.15) is 18.2 Å². The van der Waals surface area contributed by atoms with Gasteiger partial charge in [0.05, 0.1) is 24.1 Å². The number of carboxylic acid groups (broad SMARTS) is 1. The number of piperazine rings is 1. The SMILES string of the molecule is Cc1cccc2cccc(C3CCc4c(nc([S+](C)[O-])nc4N4CCN(C(=O)O)[C@@H](CC#N)C4)O3)c12. The van der Waals surface area contributed by atoms with Crippen LogP contribution in [0.5, 0.6) is 5.88 Å². The van der Waals surface area contributed by atoms with Gasteiger partial charge in [0.25, 0.3) is 0 Å². The second kappa shape index (κ2) is 9.84. The van der Waals surface area contributed by atoms with Crippen molar-refractivity contribution in [3.05, 3.63) is 53.1 Å². The van der Waals surface area contributed by atoms with E-state index in [0.717, 1.165) is 22.9 Å². The highest BCUT2D eigenvalue weighted by molar-refractivity contribution is 7.90. The van der Waals surface area contributed by atoms with E-state index in [1.165, 1.54) is 22.1 Å². The lowest BCUT2D eigenvalue weighted by molar-refractivity contribution is 0.118. The Morgan fingerprint density at radius 3 is 2.78 bits per heavy atom. The van der Waals surface area contributed by atoms with Crippen molar-refractivity contribution in [3.8, 4) is 11.9 Å². The molecular weight excluding hydrogens is 478 g/mol. The van der Waals surface area contributed by atoms with Crippen molar-refractivity contribution in [2.45, 2.75) is 43.5 Å². The van der Waals surface area contributed by atoms with E-state index < -0.39 is 23.3 Å². The zero-order valence-corrected chi connectivity index (χ0v) is 21.0. The largest absolute Gasteiger partial charge is 0.609 e. The molecule has 0 saturated carbocycles. The summed E-state index contributed by atoms with van der Waals surface area (Å²) in [6.07, 6.45) is 1.76. The molecule has 10 heteroatoms. The van der Waals surface area contributed by atoms with Crippen LogP contribution in [0.3, 0.4) is 0 Å². The molecule has 1 fully saturated rings. The number of hydrogen-bond acceptors (Lipinski definition) is 7. The van der Waals surface area contributed by atoms with E-state index >= 15 is 0 Å². The van der Waals surface area contributed by atoms with Crippen LogP contribution in [-0.2, 0) is 17.6 Å². The van der Waals surface area contributed by atoms with Crippen LogP contribution in [0.2, 0.25) is 0 Å². The Labute approximate surface area is 212 Å². The van der Waals surface area contributed by atoms with Gasteiger partial charge in [0.2, 0.25) is 5.88 Å². The van der Waals surface area contributed by atoms with Crippen LogP contribution >= 0.6 is 0 Å². The second-order valence-electron chi connectivity index (χ2n) is 9.17.